The fraction of sp³-hybridized carbons (Fsp3) is 0.500. The van der Waals surface area contributed by atoms with Crippen LogP contribution in [-0.4, -0.2) is 85.5 Å². The Bertz CT molecular complexity index is 506. The maximum absolute atomic E-state index is 10.4. The van der Waals surface area contributed by atoms with Gasteiger partial charge < -0.3 is 30.4 Å². The standard InChI is InChI=1S/C6H8O8.C4H7N3O/c7-2(8)1-6(14,5(12)13)3(9)4(10)11;1-7-2-3(8)6-4(7)5/h3,9,14H,1H2,(H,7,8)(H,10,11)(H,12,13);2H2,1H3,(H2,5,6,8). The van der Waals surface area contributed by atoms with Crippen molar-refractivity contribution in [1.82, 2.24) is 10.2 Å². The van der Waals surface area contributed by atoms with Gasteiger partial charge in [0.2, 0.25) is 11.5 Å². The first-order valence-electron chi connectivity index (χ1n) is 5.59. The van der Waals surface area contributed by atoms with Gasteiger partial charge in [0, 0.05) is 7.05 Å². The third-order valence-electron chi connectivity index (χ3n) is 2.50. The minimum Gasteiger partial charge on any atom is -0.481 e. The number of nitrogens with zero attached hydrogens (tertiary/aromatic N) is 1. The lowest BCUT2D eigenvalue weighted by Crippen LogP contribution is -2.54. The van der Waals surface area contributed by atoms with Crippen molar-refractivity contribution in [1.29, 1.82) is 5.41 Å². The zero-order chi connectivity index (χ0) is 17.7. The van der Waals surface area contributed by atoms with E-state index in [9.17, 15) is 19.2 Å². The summed E-state index contributed by atoms with van der Waals surface area (Å²) < 4.78 is 0. The lowest BCUT2D eigenvalue weighted by Gasteiger charge is -2.23. The van der Waals surface area contributed by atoms with Crippen molar-refractivity contribution in [3.05, 3.63) is 0 Å². The van der Waals surface area contributed by atoms with Gasteiger partial charge in [0.15, 0.2) is 12.1 Å². The summed E-state index contributed by atoms with van der Waals surface area (Å²) in [5, 5.41) is 52.0. The van der Waals surface area contributed by atoms with Crippen molar-refractivity contribution in [3.8, 4) is 0 Å². The third-order valence-corrected chi connectivity index (χ3v) is 2.50. The van der Waals surface area contributed by atoms with E-state index in [0.717, 1.165) is 0 Å². The molecule has 2 atom stereocenters. The molecule has 1 amide bonds. The molecule has 0 bridgehead atoms. The first kappa shape index (κ1) is 19.3. The first-order chi connectivity index (χ1) is 9.91. The smallest absolute Gasteiger partial charge is 0.339 e. The van der Waals surface area contributed by atoms with Crippen LogP contribution >= 0.6 is 0 Å². The maximum atomic E-state index is 10.4. The van der Waals surface area contributed by atoms with E-state index in [1.807, 2.05) is 0 Å². The van der Waals surface area contributed by atoms with Crippen molar-refractivity contribution < 1.29 is 44.7 Å². The average Bonchev–Trinajstić information content (AvgIpc) is 2.64. The Morgan fingerprint density at radius 3 is 2.05 bits per heavy atom. The number of aliphatic hydroxyl groups excluding tert-OH is 1. The van der Waals surface area contributed by atoms with Gasteiger partial charge in [-0.05, 0) is 0 Å². The van der Waals surface area contributed by atoms with E-state index in [2.05, 4.69) is 5.32 Å². The van der Waals surface area contributed by atoms with Crippen LogP contribution in [0, 0.1) is 5.41 Å². The minimum atomic E-state index is -3.22. The van der Waals surface area contributed by atoms with Crippen LogP contribution in [0.5, 0.6) is 0 Å². The molecule has 0 aliphatic carbocycles. The van der Waals surface area contributed by atoms with E-state index < -0.39 is 36.0 Å². The van der Waals surface area contributed by atoms with Crippen LogP contribution in [0.2, 0.25) is 0 Å². The summed E-state index contributed by atoms with van der Waals surface area (Å²) in [6, 6.07) is 0. The molecule has 0 spiro atoms. The molecule has 1 aliphatic heterocycles. The van der Waals surface area contributed by atoms with Gasteiger partial charge in [-0.15, -0.1) is 0 Å². The summed E-state index contributed by atoms with van der Waals surface area (Å²) in [5.41, 5.74) is -3.22. The van der Waals surface area contributed by atoms with Crippen LogP contribution in [0.4, 0.5) is 0 Å². The molecule has 1 fully saturated rings. The van der Waals surface area contributed by atoms with Crippen LogP contribution in [0.15, 0.2) is 0 Å². The van der Waals surface area contributed by atoms with Gasteiger partial charge >= 0.3 is 17.9 Å². The first-order valence-corrected chi connectivity index (χ1v) is 5.59. The Kier molecular flexibility index (Phi) is 6.42. The molecule has 22 heavy (non-hydrogen) atoms. The molecule has 0 radical (unpaired) electrons. The van der Waals surface area contributed by atoms with Crippen molar-refractivity contribution in [2.24, 2.45) is 0 Å². The number of hydrogen-bond donors (Lipinski definition) is 7. The third kappa shape index (κ3) is 4.99. The molecule has 12 heteroatoms. The van der Waals surface area contributed by atoms with Gasteiger partial charge in [0.25, 0.3) is 0 Å². The number of carbonyl (C=O) groups excluding carboxylic acids is 1. The molecular formula is C10H15N3O9. The highest BCUT2D eigenvalue weighted by Crippen LogP contribution is 2.16. The van der Waals surface area contributed by atoms with E-state index in [1.165, 1.54) is 0 Å². The highest BCUT2D eigenvalue weighted by molar-refractivity contribution is 6.02. The van der Waals surface area contributed by atoms with Gasteiger partial charge in [-0.1, -0.05) is 0 Å². The predicted molar refractivity (Wildman–Crippen MR) is 67.0 cm³/mol. The minimum absolute atomic E-state index is 0.0995. The largest absolute Gasteiger partial charge is 0.481 e. The fourth-order valence-electron chi connectivity index (χ4n) is 1.29. The molecule has 0 saturated carbocycles. The van der Waals surface area contributed by atoms with Crippen molar-refractivity contribution >= 4 is 29.8 Å². The van der Waals surface area contributed by atoms with Crippen molar-refractivity contribution in [2.45, 2.75) is 18.1 Å². The Hall–Kier alpha value is -2.73. The Morgan fingerprint density at radius 1 is 1.36 bits per heavy atom. The van der Waals surface area contributed by atoms with Crippen molar-refractivity contribution in [2.75, 3.05) is 13.6 Å². The SMILES string of the molecule is CN1CC(=O)NC1=N.O=C(O)CC(O)(C(=O)O)C(O)C(=O)O. The quantitative estimate of drug-likeness (QED) is 0.268. The average molecular weight is 321 g/mol. The molecule has 124 valence electrons. The lowest BCUT2D eigenvalue weighted by molar-refractivity contribution is -0.187. The van der Waals surface area contributed by atoms with E-state index in [1.54, 1.807) is 11.9 Å². The Labute approximate surface area is 123 Å². The molecule has 12 nitrogen and oxygen atoms in total. The summed E-state index contributed by atoms with van der Waals surface area (Å²) in [7, 11) is 1.69. The highest BCUT2D eigenvalue weighted by atomic mass is 16.4. The Morgan fingerprint density at radius 2 is 1.86 bits per heavy atom. The number of carbonyl (C=O) groups is 4. The Balaban J connectivity index is 0.000000461. The number of carboxylic acids is 3. The van der Waals surface area contributed by atoms with Gasteiger partial charge in [-0.3, -0.25) is 20.3 Å². The second-order valence-corrected chi connectivity index (χ2v) is 4.29. The van der Waals surface area contributed by atoms with Crippen LogP contribution in [0.1, 0.15) is 6.42 Å². The van der Waals surface area contributed by atoms with Gasteiger partial charge in [-0.2, -0.15) is 0 Å². The monoisotopic (exact) mass is 321 g/mol. The zero-order valence-electron chi connectivity index (χ0n) is 11.3. The molecule has 0 aromatic carbocycles. The van der Waals surface area contributed by atoms with Gasteiger partial charge in [0.05, 0.1) is 13.0 Å². The molecule has 1 aliphatic rings. The van der Waals surface area contributed by atoms with Gasteiger partial charge in [0.1, 0.15) is 0 Å². The number of amides is 1. The number of hydrogen-bond acceptors (Lipinski definition) is 7. The fourth-order valence-corrected chi connectivity index (χ4v) is 1.29. The van der Waals surface area contributed by atoms with Crippen LogP contribution in [0.25, 0.3) is 0 Å². The summed E-state index contributed by atoms with van der Waals surface area (Å²) in [6.45, 7) is 0.318. The van der Waals surface area contributed by atoms with Crippen molar-refractivity contribution in [3.63, 3.8) is 0 Å². The van der Waals surface area contributed by atoms with E-state index >= 15 is 0 Å². The number of aliphatic hydroxyl groups is 2. The predicted octanol–water partition coefficient (Wildman–Crippen LogP) is -3.29. The highest BCUT2D eigenvalue weighted by Gasteiger charge is 2.49. The second kappa shape index (κ2) is 7.33. The summed E-state index contributed by atoms with van der Waals surface area (Å²) >= 11 is 0. The molecule has 2 unspecified atom stereocenters. The summed E-state index contributed by atoms with van der Waals surface area (Å²) in [6.07, 6.45) is -4.11. The molecule has 1 rings (SSSR count). The van der Waals surface area contributed by atoms with E-state index in [4.69, 9.17) is 30.9 Å². The van der Waals surface area contributed by atoms with Crippen LogP contribution in [0.3, 0.4) is 0 Å². The van der Waals surface area contributed by atoms with Crippen LogP contribution in [-0.2, 0) is 19.2 Å². The second-order valence-electron chi connectivity index (χ2n) is 4.29. The topological polar surface area (TPSA) is 209 Å². The summed E-state index contributed by atoms with van der Waals surface area (Å²) in [5.74, 6) is -5.78. The molecule has 0 aromatic rings. The summed E-state index contributed by atoms with van der Waals surface area (Å²) in [4.78, 5) is 42.6. The maximum Gasteiger partial charge on any atom is 0.339 e. The molecule has 0 aromatic heterocycles. The number of rotatable bonds is 5. The van der Waals surface area contributed by atoms with Crippen LogP contribution < -0.4 is 5.32 Å². The number of aliphatic carboxylic acids is 3. The van der Waals surface area contributed by atoms with E-state index in [0.29, 0.717) is 6.54 Å². The number of carboxylic acid groups (broad SMARTS) is 3. The molecule has 1 heterocycles. The molecule has 1 saturated heterocycles. The number of nitrogens with one attached hydrogen (secondary N) is 2. The number of guanidine groups is 1. The molecule has 7 N–H and O–H groups in total. The van der Waals surface area contributed by atoms with E-state index in [-0.39, 0.29) is 11.9 Å². The normalized spacial score (nSPS) is 17.7. The van der Waals surface area contributed by atoms with Gasteiger partial charge in [-0.25, -0.2) is 9.59 Å². The molecular weight excluding hydrogens is 306 g/mol. The number of likely N-dealkylation sites (N-methyl/N-ethyl adjacent to an activating group) is 1. The zero-order valence-corrected chi connectivity index (χ0v) is 11.3. The lowest BCUT2D eigenvalue weighted by atomic mass is 9.93.